The Labute approximate surface area is 97.6 Å². The highest BCUT2D eigenvalue weighted by atomic mass is 127. The molecular formula is C8H6I2O2. The molecule has 1 rings (SSSR count). The monoisotopic (exact) mass is 388 g/mol. The van der Waals surface area contributed by atoms with Crippen LogP contribution in [0, 0.1) is 7.14 Å². The lowest BCUT2D eigenvalue weighted by Gasteiger charge is -2.00. The maximum atomic E-state index is 10.4. The topological polar surface area (TPSA) is 37.3 Å². The molecule has 0 aliphatic carbocycles. The van der Waals surface area contributed by atoms with E-state index in [1.165, 1.54) is 0 Å². The van der Waals surface area contributed by atoms with Gasteiger partial charge in [-0.1, -0.05) is 6.07 Å². The largest absolute Gasteiger partial charge is 0.481 e. The van der Waals surface area contributed by atoms with Crippen molar-refractivity contribution in [3.8, 4) is 0 Å². The second-order valence-corrected chi connectivity index (χ2v) is 4.71. The van der Waals surface area contributed by atoms with Gasteiger partial charge in [-0.25, -0.2) is 0 Å². The number of carbonyl (C=O) groups is 1. The Kier molecular flexibility index (Phi) is 3.76. The summed E-state index contributed by atoms with van der Waals surface area (Å²) in [5, 5.41) is 8.56. The van der Waals surface area contributed by atoms with Crippen molar-refractivity contribution in [3.63, 3.8) is 0 Å². The molecule has 0 aliphatic rings. The number of carboxylic acid groups (broad SMARTS) is 1. The number of carboxylic acids is 1. The van der Waals surface area contributed by atoms with Gasteiger partial charge in [-0.05, 0) is 62.9 Å². The van der Waals surface area contributed by atoms with Crippen LogP contribution in [0.1, 0.15) is 5.56 Å². The maximum absolute atomic E-state index is 10.4. The Bertz CT molecular complexity index is 310. The van der Waals surface area contributed by atoms with E-state index in [2.05, 4.69) is 45.2 Å². The highest BCUT2D eigenvalue weighted by molar-refractivity contribution is 14.1. The molecule has 1 aromatic rings. The first kappa shape index (κ1) is 10.2. The average molecular weight is 388 g/mol. The van der Waals surface area contributed by atoms with Crippen LogP contribution in [0.3, 0.4) is 0 Å². The molecule has 0 spiro atoms. The summed E-state index contributed by atoms with van der Waals surface area (Å²) in [6, 6.07) is 5.75. The van der Waals surface area contributed by atoms with Crippen molar-refractivity contribution in [2.45, 2.75) is 6.42 Å². The number of benzene rings is 1. The van der Waals surface area contributed by atoms with Crippen LogP contribution in [0.5, 0.6) is 0 Å². The predicted molar refractivity (Wildman–Crippen MR) is 63.2 cm³/mol. The van der Waals surface area contributed by atoms with Gasteiger partial charge in [0.25, 0.3) is 0 Å². The molecule has 0 saturated heterocycles. The molecule has 0 saturated carbocycles. The normalized spacial score (nSPS) is 9.83. The molecule has 4 heteroatoms. The van der Waals surface area contributed by atoms with Gasteiger partial charge in [-0.3, -0.25) is 4.79 Å². The van der Waals surface area contributed by atoms with Gasteiger partial charge in [0.1, 0.15) is 0 Å². The standard InChI is InChI=1S/C8H6I2O2/c9-6-2-1-5(3-8(11)12)7(10)4-6/h1-2,4H,3H2,(H,11,12). The molecule has 0 atom stereocenters. The second kappa shape index (κ2) is 4.40. The number of halogens is 2. The van der Waals surface area contributed by atoms with Crippen LogP contribution in [0.4, 0.5) is 0 Å². The van der Waals surface area contributed by atoms with Gasteiger partial charge >= 0.3 is 5.97 Å². The first-order valence-electron chi connectivity index (χ1n) is 3.25. The lowest BCUT2D eigenvalue weighted by Crippen LogP contribution is -2.01. The summed E-state index contributed by atoms with van der Waals surface area (Å²) in [6.07, 6.45) is 0.106. The highest BCUT2D eigenvalue weighted by Gasteiger charge is 2.04. The summed E-state index contributed by atoms with van der Waals surface area (Å²) < 4.78 is 2.15. The Morgan fingerprint density at radius 2 is 2.08 bits per heavy atom. The number of aliphatic carboxylic acids is 1. The molecule has 0 fully saturated rings. The molecule has 1 N–H and O–H groups in total. The Hall–Kier alpha value is 0.150. The van der Waals surface area contributed by atoms with Gasteiger partial charge in [0.15, 0.2) is 0 Å². The minimum Gasteiger partial charge on any atom is -0.481 e. The lowest BCUT2D eigenvalue weighted by molar-refractivity contribution is -0.136. The van der Waals surface area contributed by atoms with Crippen molar-refractivity contribution in [1.29, 1.82) is 0 Å². The van der Waals surface area contributed by atoms with E-state index >= 15 is 0 Å². The summed E-state index contributed by atoms with van der Waals surface area (Å²) >= 11 is 4.35. The molecule has 64 valence electrons. The predicted octanol–water partition coefficient (Wildman–Crippen LogP) is 2.52. The van der Waals surface area contributed by atoms with Crippen molar-refractivity contribution in [2.24, 2.45) is 0 Å². The zero-order valence-electron chi connectivity index (χ0n) is 6.05. The molecule has 1 aromatic carbocycles. The summed E-state index contributed by atoms with van der Waals surface area (Å²) in [5.74, 6) is -0.783. The van der Waals surface area contributed by atoms with Crippen molar-refractivity contribution in [3.05, 3.63) is 30.9 Å². The van der Waals surface area contributed by atoms with Crippen LogP contribution in [-0.2, 0) is 11.2 Å². The Morgan fingerprint density at radius 3 is 2.58 bits per heavy atom. The molecule has 0 radical (unpaired) electrons. The van der Waals surface area contributed by atoms with Gasteiger partial charge < -0.3 is 5.11 Å². The third kappa shape index (κ3) is 2.89. The van der Waals surface area contributed by atoms with Crippen molar-refractivity contribution in [1.82, 2.24) is 0 Å². The first-order chi connectivity index (χ1) is 5.59. The minimum absolute atomic E-state index is 0.106. The maximum Gasteiger partial charge on any atom is 0.307 e. The molecular weight excluding hydrogens is 382 g/mol. The number of hydrogen-bond donors (Lipinski definition) is 1. The molecule has 0 bridgehead atoms. The van der Waals surface area contributed by atoms with Crippen LogP contribution in [0.25, 0.3) is 0 Å². The Morgan fingerprint density at radius 1 is 1.42 bits per heavy atom. The molecule has 0 aromatic heterocycles. The Balaban J connectivity index is 2.93. The second-order valence-electron chi connectivity index (χ2n) is 2.31. The van der Waals surface area contributed by atoms with E-state index in [1.807, 2.05) is 18.2 Å². The van der Waals surface area contributed by atoms with Crippen LogP contribution in [0.15, 0.2) is 18.2 Å². The van der Waals surface area contributed by atoms with E-state index in [0.717, 1.165) is 12.7 Å². The van der Waals surface area contributed by atoms with Gasteiger partial charge in [0.05, 0.1) is 6.42 Å². The summed E-state index contributed by atoms with van der Waals surface area (Å²) in [4.78, 5) is 10.4. The quantitative estimate of drug-likeness (QED) is 0.792. The van der Waals surface area contributed by atoms with E-state index < -0.39 is 5.97 Å². The van der Waals surface area contributed by atoms with Gasteiger partial charge in [0.2, 0.25) is 0 Å². The molecule has 2 nitrogen and oxygen atoms in total. The van der Waals surface area contributed by atoms with Crippen LogP contribution in [0.2, 0.25) is 0 Å². The smallest absolute Gasteiger partial charge is 0.307 e. The zero-order valence-corrected chi connectivity index (χ0v) is 10.4. The highest BCUT2D eigenvalue weighted by Crippen LogP contribution is 2.16. The molecule has 12 heavy (non-hydrogen) atoms. The summed E-state index contributed by atoms with van der Waals surface area (Å²) in [7, 11) is 0. The fourth-order valence-electron chi connectivity index (χ4n) is 0.828. The van der Waals surface area contributed by atoms with Crippen molar-refractivity contribution >= 4 is 51.2 Å². The fraction of sp³-hybridized carbons (Fsp3) is 0.125. The number of rotatable bonds is 2. The van der Waals surface area contributed by atoms with E-state index in [0.29, 0.717) is 0 Å². The van der Waals surface area contributed by atoms with Crippen molar-refractivity contribution < 1.29 is 9.90 Å². The molecule has 0 amide bonds. The van der Waals surface area contributed by atoms with E-state index in [4.69, 9.17) is 5.11 Å². The van der Waals surface area contributed by atoms with Crippen LogP contribution >= 0.6 is 45.2 Å². The minimum atomic E-state index is -0.783. The van der Waals surface area contributed by atoms with Crippen LogP contribution in [-0.4, -0.2) is 11.1 Å². The molecule has 0 heterocycles. The van der Waals surface area contributed by atoms with E-state index in [1.54, 1.807) is 0 Å². The molecule has 0 unspecified atom stereocenters. The average Bonchev–Trinajstić information content (AvgIpc) is 1.94. The number of hydrogen-bond acceptors (Lipinski definition) is 1. The van der Waals surface area contributed by atoms with Gasteiger partial charge in [0, 0.05) is 7.14 Å². The third-order valence-corrected chi connectivity index (χ3v) is 3.03. The van der Waals surface area contributed by atoms with Gasteiger partial charge in [-0.15, -0.1) is 0 Å². The summed E-state index contributed by atoms with van der Waals surface area (Å²) in [6.45, 7) is 0. The summed E-state index contributed by atoms with van der Waals surface area (Å²) in [5.41, 5.74) is 0.878. The third-order valence-electron chi connectivity index (χ3n) is 1.36. The van der Waals surface area contributed by atoms with Gasteiger partial charge in [-0.2, -0.15) is 0 Å². The van der Waals surface area contributed by atoms with Crippen molar-refractivity contribution in [2.75, 3.05) is 0 Å². The zero-order chi connectivity index (χ0) is 9.14. The lowest BCUT2D eigenvalue weighted by atomic mass is 10.2. The van der Waals surface area contributed by atoms with E-state index in [9.17, 15) is 4.79 Å². The first-order valence-corrected chi connectivity index (χ1v) is 5.41. The van der Waals surface area contributed by atoms with E-state index in [-0.39, 0.29) is 6.42 Å². The van der Waals surface area contributed by atoms with Crippen LogP contribution < -0.4 is 0 Å². The fourth-order valence-corrected chi connectivity index (χ4v) is 2.62. The SMILES string of the molecule is O=C(O)Cc1ccc(I)cc1I. The molecule has 0 aliphatic heterocycles.